The average Bonchev–Trinajstić information content (AvgIpc) is 2.65. The van der Waals surface area contributed by atoms with Crippen molar-refractivity contribution in [3.8, 4) is 11.1 Å². The number of nitrogens with zero attached hydrogens (tertiary/aromatic N) is 1. The van der Waals surface area contributed by atoms with Crippen LogP contribution in [-0.2, 0) is 4.79 Å². The van der Waals surface area contributed by atoms with Crippen molar-refractivity contribution in [2.45, 2.75) is 19.4 Å². The molecule has 0 aromatic heterocycles. The number of carboxylic acid groups (broad SMARTS) is 1. The Bertz CT molecular complexity index is 779. The predicted octanol–water partition coefficient (Wildman–Crippen LogP) is 3.23. The quantitative estimate of drug-likeness (QED) is 0.695. The Balaban J connectivity index is 2.45. The van der Waals surface area contributed by atoms with Gasteiger partial charge in [-0.15, -0.1) is 0 Å². The standard InChI is InChI=1S/C20H24N2O3S/c1-14-7-3-4-8-15(14)16-9-5-6-10-17(16)19(23)22(13-21)18(20(24)25)11-12-26-2/h3-10,18H,11-13,21H2,1-2H3,(H,24,25)/t18-/m0/s1. The van der Waals surface area contributed by atoms with E-state index in [1.54, 1.807) is 23.9 Å². The highest BCUT2D eigenvalue weighted by Crippen LogP contribution is 2.28. The monoisotopic (exact) mass is 372 g/mol. The SMILES string of the molecule is CSCC[C@@H](C(=O)O)N(CN)C(=O)c1ccccc1-c1ccccc1C. The Morgan fingerprint density at radius 3 is 2.31 bits per heavy atom. The fraction of sp³-hybridized carbons (Fsp3) is 0.300. The molecule has 5 nitrogen and oxygen atoms in total. The number of carbonyl (C=O) groups is 2. The molecule has 0 fully saturated rings. The molecule has 0 aliphatic heterocycles. The lowest BCUT2D eigenvalue weighted by molar-refractivity contribution is -0.142. The summed E-state index contributed by atoms with van der Waals surface area (Å²) in [5, 5.41) is 9.57. The van der Waals surface area contributed by atoms with Gasteiger partial charge in [0.25, 0.3) is 5.91 Å². The van der Waals surface area contributed by atoms with Gasteiger partial charge in [0.15, 0.2) is 0 Å². The highest BCUT2D eigenvalue weighted by Gasteiger charge is 2.30. The Kier molecular flexibility index (Phi) is 7.24. The molecular weight excluding hydrogens is 348 g/mol. The van der Waals surface area contributed by atoms with E-state index in [4.69, 9.17) is 5.73 Å². The molecule has 0 saturated carbocycles. The first-order valence-corrected chi connectivity index (χ1v) is 9.78. The third-order valence-corrected chi connectivity index (χ3v) is 4.95. The van der Waals surface area contributed by atoms with Crippen LogP contribution in [0.4, 0.5) is 0 Å². The van der Waals surface area contributed by atoms with Crippen molar-refractivity contribution < 1.29 is 14.7 Å². The van der Waals surface area contributed by atoms with Crippen molar-refractivity contribution >= 4 is 23.6 Å². The first kappa shape index (κ1) is 20.0. The zero-order valence-electron chi connectivity index (χ0n) is 15.0. The van der Waals surface area contributed by atoms with Crippen molar-refractivity contribution in [1.29, 1.82) is 0 Å². The number of rotatable bonds is 8. The highest BCUT2D eigenvalue weighted by atomic mass is 32.2. The summed E-state index contributed by atoms with van der Waals surface area (Å²) in [5.74, 6) is -0.758. The van der Waals surface area contributed by atoms with Gasteiger partial charge in [-0.2, -0.15) is 11.8 Å². The summed E-state index contributed by atoms with van der Waals surface area (Å²) in [4.78, 5) is 26.1. The molecule has 26 heavy (non-hydrogen) atoms. The highest BCUT2D eigenvalue weighted by molar-refractivity contribution is 7.98. The molecule has 1 atom stereocenters. The first-order valence-electron chi connectivity index (χ1n) is 8.39. The lowest BCUT2D eigenvalue weighted by Gasteiger charge is -2.28. The van der Waals surface area contributed by atoms with E-state index in [1.807, 2.05) is 49.6 Å². The molecule has 0 heterocycles. The van der Waals surface area contributed by atoms with Gasteiger partial charge in [-0.05, 0) is 48.1 Å². The van der Waals surface area contributed by atoms with E-state index in [0.717, 1.165) is 16.7 Å². The van der Waals surface area contributed by atoms with Crippen LogP contribution >= 0.6 is 11.8 Å². The van der Waals surface area contributed by atoms with E-state index in [9.17, 15) is 14.7 Å². The summed E-state index contributed by atoms with van der Waals surface area (Å²) in [5.41, 5.74) is 9.01. The van der Waals surface area contributed by atoms with Gasteiger partial charge in [-0.1, -0.05) is 42.5 Å². The average molecular weight is 372 g/mol. The number of carboxylic acids is 1. The minimum atomic E-state index is -1.04. The van der Waals surface area contributed by atoms with Crippen molar-refractivity contribution in [1.82, 2.24) is 4.90 Å². The Morgan fingerprint density at radius 2 is 1.73 bits per heavy atom. The molecule has 2 rings (SSSR count). The lowest BCUT2D eigenvalue weighted by Crippen LogP contribution is -2.48. The number of carbonyl (C=O) groups excluding carboxylic acids is 1. The van der Waals surface area contributed by atoms with Crippen LogP contribution in [0.5, 0.6) is 0 Å². The van der Waals surface area contributed by atoms with Gasteiger partial charge in [-0.25, -0.2) is 4.79 Å². The van der Waals surface area contributed by atoms with Crippen molar-refractivity contribution in [2.24, 2.45) is 5.73 Å². The molecular formula is C20H24N2O3S. The minimum Gasteiger partial charge on any atom is -0.480 e. The Labute approximate surface area is 158 Å². The van der Waals surface area contributed by atoms with E-state index in [1.165, 1.54) is 4.90 Å². The molecule has 0 aliphatic carbocycles. The molecule has 0 radical (unpaired) electrons. The largest absolute Gasteiger partial charge is 0.480 e. The van der Waals surface area contributed by atoms with Gasteiger partial charge >= 0.3 is 5.97 Å². The van der Waals surface area contributed by atoms with E-state index in [-0.39, 0.29) is 12.6 Å². The van der Waals surface area contributed by atoms with Gasteiger partial charge in [0.1, 0.15) is 6.04 Å². The Hall–Kier alpha value is -2.31. The van der Waals surface area contributed by atoms with Crippen LogP contribution < -0.4 is 5.73 Å². The summed E-state index contributed by atoms with van der Waals surface area (Å²) >= 11 is 1.54. The van der Waals surface area contributed by atoms with Crippen molar-refractivity contribution in [3.63, 3.8) is 0 Å². The fourth-order valence-corrected chi connectivity index (χ4v) is 3.39. The molecule has 138 valence electrons. The maximum Gasteiger partial charge on any atom is 0.326 e. The normalized spacial score (nSPS) is 11.8. The molecule has 0 unspecified atom stereocenters. The van der Waals surface area contributed by atoms with Gasteiger partial charge in [0.05, 0.1) is 6.67 Å². The maximum atomic E-state index is 13.2. The maximum absolute atomic E-state index is 13.2. The van der Waals surface area contributed by atoms with Crippen LogP contribution in [0.1, 0.15) is 22.3 Å². The summed E-state index contributed by atoms with van der Waals surface area (Å²) in [6.45, 7) is 1.84. The van der Waals surface area contributed by atoms with Gasteiger partial charge in [0, 0.05) is 5.56 Å². The van der Waals surface area contributed by atoms with Crippen molar-refractivity contribution in [2.75, 3.05) is 18.7 Å². The van der Waals surface area contributed by atoms with Gasteiger partial charge < -0.3 is 15.7 Å². The molecule has 0 saturated heterocycles. The second-order valence-corrected chi connectivity index (χ2v) is 6.94. The number of aryl methyl sites for hydroxylation is 1. The molecule has 2 aromatic carbocycles. The summed E-state index contributed by atoms with van der Waals surface area (Å²) < 4.78 is 0. The number of amides is 1. The number of aliphatic carboxylic acids is 1. The number of thioether (sulfide) groups is 1. The zero-order valence-corrected chi connectivity index (χ0v) is 15.8. The van der Waals surface area contributed by atoms with Gasteiger partial charge in [-0.3, -0.25) is 4.79 Å². The topological polar surface area (TPSA) is 83.6 Å². The fourth-order valence-electron chi connectivity index (χ4n) is 2.93. The number of nitrogens with two attached hydrogens (primary N) is 1. The van der Waals surface area contributed by atoms with Crippen LogP contribution in [0.3, 0.4) is 0 Å². The lowest BCUT2D eigenvalue weighted by atomic mass is 9.95. The Morgan fingerprint density at radius 1 is 1.12 bits per heavy atom. The second-order valence-electron chi connectivity index (χ2n) is 5.95. The number of hydrogen-bond acceptors (Lipinski definition) is 4. The second kappa shape index (κ2) is 9.40. The van der Waals surface area contributed by atoms with Crippen LogP contribution in [0.25, 0.3) is 11.1 Å². The van der Waals surface area contributed by atoms with Crippen LogP contribution in [0.2, 0.25) is 0 Å². The van der Waals surface area contributed by atoms with Crippen LogP contribution in [0.15, 0.2) is 48.5 Å². The van der Waals surface area contributed by atoms with Gasteiger partial charge in [0.2, 0.25) is 0 Å². The van der Waals surface area contributed by atoms with E-state index in [2.05, 4.69) is 0 Å². The smallest absolute Gasteiger partial charge is 0.326 e. The first-order chi connectivity index (χ1) is 12.5. The summed E-state index contributed by atoms with van der Waals surface area (Å²) in [7, 11) is 0. The third-order valence-electron chi connectivity index (χ3n) is 4.31. The molecule has 0 bridgehead atoms. The van der Waals surface area contributed by atoms with Crippen LogP contribution in [-0.4, -0.2) is 46.6 Å². The van der Waals surface area contributed by atoms with Crippen molar-refractivity contribution in [3.05, 3.63) is 59.7 Å². The molecule has 1 amide bonds. The zero-order chi connectivity index (χ0) is 19.1. The summed E-state index contributed by atoms with van der Waals surface area (Å²) in [6, 6.07) is 14.1. The third kappa shape index (κ3) is 4.45. The van der Waals surface area contributed by atoms with E-state index in [0.29, 0.717) is 17.7 Å². The molecule has 0 spiro atoms. The number of hydrogen-bond donors (Lipinski definition) is 2. The number of benzene rings is 2. The predicted molar refractivity (Wildman–Crippen MR) is 106 cm³/mol. The van der Waals surface area contributed by atoms with Crippen LogP contribution in [0, 0.1) is 6.92 Å². The minimum absolute atomic E-state index is 0.147. The van der Waals surface area contributed by atoms with E-state index < -0.39 is 12.0 Å². The molecule has 0 aliphatic rings. The molecule has 6 heteroatoms. The molecule has 2 aromatic rings. The molecule has 3 N–H and O–H groups in total. The van der Waals surface area contributed by atoms with E-state index >= 15 is 0 Å². The summed E-state index contributed by atoms with van der Waals surface area (Å²) in [6.07, 6.45) is 2.26.